The third-order valence-electron chi connectivity index (χ3n) is 5.30. The molecule has 2 aromatic rings. The minimum atomic E-state index is -3.66. The topological polar surface area (TPSA) is 71.5 Å². The molecule has 0 saturated carbocycles. The Morgan fingerprint density at radius 3 is 2.26 bits per heavy atom. The fourth-order valence-electron chi connectivity index (χ4n) is 3.97. The summed E-state index contributed by atoms with van der Waals surface area (Å²) in [5.41, 5.74) is 0.546. The Bertz CT molecular complexity index is 999. The van der Waals surface area contributed by atoms with E-state index in [0.717, 1.165) is 0 Å². The van der Waals surface area contributed by atoms with Crippen LogP contribution in [0.5, 0.6) is 0 Å². The Morgan fingerprint density at radius 2 is 1.59 bits per heavy atom. The van der Waals surface area contributed by atoms with Gasteiger partial charge in [-0.2, -0.15) is 0 Å². The second kappa shape index (κ2) is 6.78. The van der Waals surface area contributed by atoms with E-state index < -0.39 is 27.2 Å². The maximum absolute atomic E-state index is 13.2. The lowest BCUT2D eigenvalue weighted by Crippen LogP contribution is -2.43. The van der Waals surface area contributed by atoms with E-state index in [1.165, 1.54) is 6.08 Å². The van der Waals surface area contributed by atoms with E-state index in [4.69, 9.17) is 0 Å². The van der Waals surface area contributed by atoms with Crippen LogP contribution in [0.4, 0.5) is 0 Å². The highest BCUT2D eigenvalue weighted by atomic mass is 32.2. The number of rotatable bonds is 4. The van der Waals surface area contributed by atoms with Crippen molar-refractivity contribution in [3.63, 3.8) is 0 Å². The number of hydrogen-bond donors (Lipinski definition) is 0. The van der Waals surface area contributed by atoms with Gasteiger partial charge in [0.25, 0.3) is 0 Å². The molecule has 138 valence electrons. The van der Waals surface area contributed by atoms with Crippen LogP contribution in [0, 0.1) is 0 Å². The predicted molar refractivity (Wildman–Crippen MR) is 101 cm³/mol. The van der Waals surface area contributed by atoms with Crippen LogP contribution >= 0.6 is 0 Å². The molecule has 0 aromatic heterocycles. The summed E-state index contributed by atoms with van der Waals surface area (Å²) in [6.07, 6.45) is 3.29. The molecule has 1 saturated heterocycles. The summed E-state index contributed by atoms with van der Waals surface area (Å²) in [4.78, 5) is 27.0. The summed E-state index contributed by atoms with van der Waals surface area (Å²) in [5, 5.41) is -0.800. The van der Waals surface area contributed by atoms with Crippen molar-refractivity contribution in [3.05, 3.63) is 78.5 Å². The van der Waals surface area contributed by atoms with Gasteiger partial charge in [-0.25, -0.2) is 8.42 Å². The fourth-order valence-corrected chi connectivity index (χ4v) is 5.94. The van der Waals surface area contributed by atoms with Crippen molar-refractivity contribution in [1.82, 2.24) is 4.90 Å². The zero-order valence-electron chi connectivity index (χ0n) is 14.6. The Balaban J connectivity index is 1.73. The quantitative estimate of drug-likeness (QED) is 0.762. The normalized spacial score (nSPS) is 24.7. The van der Waals surface area contributed by atoms with Crippen LogP contribution in [-0.4, -0.2) is 42.2 Å². The number of carbonyl (C=O) groups is 2. The molecule has 0 radical (unpaired) electrons. The Morgan fingerprint density at radius 1 is 0.963 bits per heavy atom. The van der Waals surface area contributed by atoms with Gasteiger partial charge in [0.15, 0.2) is 21.4 Å². The van der Waals surface area contributed by atoms with E-state index in [9.17, 15) is 18.0 Å². The number of benzene rings is 2. The van der Waals surface area contributed by atoms with E-state index in [-0.39, 0.29) is 29.3 Å². The molecule has 0 aliphatic carbocycles. The number of nitrogens with zero attached hydrogens (tertiary/aromatic N) is 1. The number of allylic oxidation sites excluding steroid dienone is 1. The van der Waals surface area contributed by atoms with Crippen molar-refractivity contribution >= 4 is 21.4 Å². The number of fused-ring (bicyclic) bond motifs is 1. The number of carbonyl (C=O) groups excluding carboxylic acids is 2. The van der Waals surface area contributed by atoms with Gasteiger partial charge < -0.3 is 4.90 Å². The van der Waals surface area contributed by atoms with E-state index in [1.807, 2.05) is 6.07 Å². The van der Waals surface area contributed by atoms with Gasteiger partial charge in [-0.1, -0.05) is 48.5 Å². The second-order valence-electron chi connectivity index (χ2n) is 6.88. The maximum Gasteiger partial charge on any atom is 0.185 e. The molecule has 0 N–H and O–H groups in total. The van der Waals surface area contributed by atoms with Crippen LogP contribution in [0.25, 0.3) is 0 Å². The number of Topliss-reactive ketones (excluding diaryl/α,β-unsaturated/α-hetero) is 1. The summed E-state index contributed by atoms with van der Waals surface area (Å²) in [6.45, 7) is 0. The highest BCUT2D eigenvalue weighted by molar-refractivity contribution is 7.92. The van der Waals surface area contributed by atoms with Crippen molar-refractivity contribution in [2.45, 2.75) is 35.1 Å². The first-order valence-electron chi connectivity index (χ1n) is 8.85. The van der Waals surface area contributed by atoms with Crippen molar-refractivity contribution < 1.29 is 18.0 Å². The maximum atomic E-state index is 13.2. The van der Waals surface area contributed by atoms with Crippen molar-refractivity contribution in [1.29, 1.82) is 0 Å². The molecule has 2 heterocycles. The number of hydrogen-bond acceptors (Lipinski definition) is 5. The van der Waals surface area contributed by atoms with Gasteiger partial charge in [-0.15, -0.1) is 0 Å². The van der Waals surface area contributed by atoms with Crippen LogP contribution in [0.1, 0.15) is 23.2 Å². The fraction of sp³-hybridized carbons (Fsp3) is 0.238. The lowest BCUT2D eigenvalue weighted by atomic mass is 10.0. The monoisotopic (exact) mass is 381 g/mol. The van der Waals surface area contributed by atoms with E-state index >= 15 is 0 Å². The van der Waals surface area contributed by atoms with Gasteiger partial charge in [0.1, 0.15) is 0 Å². The Kier molecular flexibility index (Phi) is 4.44. The summed E-state index contributed by atoms with van der Waals surface area (Å²) in [6, 6.07) is 16.0. The zero-order valence-corrected chi connectivity index (χ0v) is 15.4. The second-order valence-corrected chi connectivity index (χ2v) is 9.05. The average molecular weight is 381 g/mol. The van der Waals surface area contributed by atoms with Gasteiger partial charge in [-0.3, -0.25) is 9.59 Å². The van der Waals surface area contributed by atoms with Crippen LogP contribution in [-0.2, 0) is 14.6 Å². The van der Waals surface area contributed by atoms with Crippen molar-refractivity contribution in [3.8, 4) is 0 Å². The molecule has 0 spiro atoms. The molecule has 1 fully saturated rings. The minimum absolute atomic E-state index is 0.103. The van der Waals surface area contributed by atoms with Crippen molar-refractivity contribution in [2.24, 2.45) is 0 Å². The molecule has 2 aliphatic rings. The lowest BCUT2D eigenvalue weighted by Gasteiger charge is -2.31. The molecule has 0 bridgehead atoms. The summed E-state index contributed by atoms with van der Waals surface area (Å²) >= 11 is 0. The zero-order chi connectivity index (χ0) is 19.0. The average Bonchev–Trinajstić information content (AvgIpc) is 3.08. The van der Waals surface area contributed by atoms with Gasteiger partial charge in [0, 0.05) is 18.2 Å². The molecule has 0 unspecified atom stereocenters. The summed E-state index contributed by atoms with van der Waals surface area (Å²) in [7, 11) is -3.66. The van der Waals surface area contributed by atoms with Gasteiger partial charge in [0.05, 0.1) is 22.2 Å². The Hall–Kier alpha value is -2.73. The summed E-state index contributed by atoms with van der Waals surface area (Å²) in [5.74, 6) is -0.234. The molecule has 3 atom stereocenters. The molecular formula is C21H19NO4S. The van der Waals surface area contributed by atoms with E-state index in [0.29, 0.717) is 5.56 Å². The lowest BCUT2D eigenvalue weighted by molar-refractivity contribution is -0.116. The largest absolute Gasteiger partial charge is 0.362 e. The minimum Gasteiger partial charge on any atom is -0.362 e. The first-order chi connectivity index (χ1) is 13.0. The van der Waals surface area contributed by atoms with Crippen LogP contribution in [0.2, 0.25) is 0 Å². The number of ketones is 2. The first-order valence-corrected chi connectivity index (χ1v) is 10.4. The van der Waals surface area contributed by atoms with Crippen LogP contribution in [0.15, 0.2) is 77.8 Å². The van der Waals surface area contributed by atoms with E-state index in [2.05, 4.69) is 0 Å². The molecule has 0 amide bonds. The smallest absolute Gasteiger partial charge is 0.185 e. The third kappa shape index (κ3) is 3.10. The molecule has 5 nitrogen and oxygen atoms in total. The van der Waals surface area contributed by atoms with Crippen molar-refractivity contribution in [2.75, 3.05) is 0 Å². The molecule has 27 heavy (non-hydrogen) atoms. The third-order valence-corrected chi connectivity index (χ3v) is 7.53. The molecule has 4 rings (SSSR count). The molecular weight excluding hydrogens is 362 g/mol. The predicted octanol–water partition coefficient (Wildman–Crippen LogP) is 2.64. The van der Waals surface area contributed by atoms with Crippen LogP contribution < -0.4 is 0 Å². The van der Waals surface area contributed by atoms with E-state index in [1.54, 1.807) is 65.7 Å². The first kappa shape index (κ1) is 17.7. The summed E-state index contributed by atoms with van der Waals surface area (Å²) < 4.78 is 26.5. The highest BCUT2D eigenvalue weighted by Gasteiger charge is 2.50. The van der Waals surface area contributed by atoms with Gasteiger partial charge in [-0.05, 0) is 24.6 Å². The van der Waals surface area contributed by atoms with Gasteiger partial charge >= 0.3 is 0 Å². The standard InChI is InChI=1S/C21H19NO4S/c23-16-11-12-22-18(13-16)20(27(25,26)17-9-5-2-6-10-17)14-19(22)21(24)15-7-3-1-4-8-15/h1-12,18-20H,13-14H2/t18-,19-,20+/m1/s1. The molecule has 6 heteroatoms. The molecule has 2 aromatic carbocycles. The SMILES string of the molecule is O=C1C=CN2[C@@H](C(=O)c3ccccc3)C[C@H](S(=O)(=O)c3ccccc3)[C@H]2C1. The van der Waals surface area contributed by atoms with Crippen LogP contribution in [0.3, 0.4) is 0 Å². The van der Waals surface area contributed by atoms with Gasteiger partial charge in [0.2, 0.25) is 0 Å². The highest BCUT2D eigenvalue weighted by Crippen LogP contribution is 2.38. The Labute approximate surface area is 158 Å². The molecule has 2 aliphatic heterocycles. The number of sulfone groups is 1.